The van der Waals surface area contributed by atoms with Crippen molar-refractivity contribution in [2.45, 2.75) is 60.6 Å². The maximum Gasteiger partial charge on any atom is 0.0969 e. The summed E-state index contributed by atoms with van der Waals surface area (Å²) in [5.74, 6) is 0. The molecule has 3 rings (SSSR count). The number of aliphatic hydroxyl groups excluding tert-OH is 1. The maximum absolute atomic E-state index is 10.1. The molecule has 0 aliphatic rings. The number of benzene rings is 1. The summed E-state index contributed by atoms with van der Waals surface area (Å²) in [6.45, 7) is 13.7. The summed E-state index contributed by atoms with van der Waals surface area (Å²) in [6.07, 6.45) is 4.64. The van der Waals surface area contributed by atoms with Crippen molar-refractivity contribution in [3.05, 3.63) is 59.4 Å². The van der Waals surface area contributed by atoms with E-state index in [2.05, 4.69) is 69.5 Å². The SMILES string of the molecule is C/C=C(\C)c1ccc2c(c1)c(CC(C)(C)CO)c(-c1cccnc1[C@H](C)OC)n2CC. The third kappa shape index (κ3) is 4.46. The molecule has 0 saturated carbocycles. The van der Waals surface area contributed by atoms with Crippen LogP contribution in [0.2, 0.25) is 0 Å². The van der Waals surface area contributed by atoms with Gasteiger partial charge in [0.2, 0.25) is 0 Å². The Morgan fingerprint density at radius 3 is 2.65 bits per heavy atom. The van der Waals surface area contributed by atoms with E-state index in [1.807, 2.05) is 19.2 Å². The summed E-state index contributed by atoms with van der Waals surface area (Å²) < 4.78 is 8.04. The van der Waals surface area contributed by atoms with Crippen LogP contribution in [0.1, 0.15) is 64.5 Å². The van der Waals surface area contributed by atoms with Gasteiger partial charge in [-0.1, -0.05) is 26.0 Å². The first-order valence-electron chi connectivity index (χ1n) is 11.1. The van der Waals surface area contributed by atoms with E-state index in [0.717, 1.165) is 24.2 Å². The number of hydrogen-bond acceptors (Lipinski definition) is 3. The van der Waals surface area contributed by atoms with Crippen molar-refractivity contribution in [3.8, 4) is 11.3 Å². The molecule has 0 radical (unpaired) electrons. The number of fused-ring (bicyclic) bond motifs is 1. The molecule has 1 N–H and O–H groups in total. The Kier molecular flexibility index (Phi) is 7.03. The average molecular weight is 421 g/mol. The first-order chi connectivity index (χ1) is 14.8. The lowest BCUT2D eigenvalue weighted by molar-refractivity contribution is 0.116. The molecule has 1 atom stereocenters. The van der Waals surface area contributed by atoms with Crippen LogP contribution in [-0.4, -0.2) is 28.4 Å². The molecule has 3 aromatic rings. The van der Waals surface area contributed by atoms with Gasteiger partial charge in [0.1, 0.15) is 0 Å². The highest BCUT2D eigenvalue weighted by Gasteiger charge is 2.27. The molecule has 4 nitrogen and oxygen atoms in total. The monoisotopic (exact) mass is 420 g/mol. The van der Waals surface area contributed by atoms with Crippen LogP contribution in [-0.2, 0) is 17.7 Å². The number of aliphatic hydroxyl groups is 1. The lowest BCUT2D eigenvalue weighted by atomic mass is 9.84. The van der Waals surface area contributed by atoms with Gasteiger partial charge in [0.05, 0.1) is 17.5 Å². The van der Waals surface area contributed by atoms with Crippen LogP contribution in [0, 0.1) is 5.41 Å². The molecule has 0 unspecified atom stereocenters. The smallest absolute Gasteiger partial charge is 0.0969 e. The third-order valence-electron chi connectivity index (χ3n) is 6.29. The van der Waals surface area contributed by atoms with Crippen molar-refractivity contribution in [1.82, 2.24) is 9.55 Å². The molecular formula is C27H36N2O2. The first-order valence-corrected chi connectivity index (χ1v) is 11.1. The molecule has 166 valence electrons. The van der Waals surface area contributed by atoms with Crippen LogP contribution in [0.4, 0.5) is 0 Å². The zero-order chi connectivity index (χ0) is 22.8. The van der Waals surface area contributed by atoms with Gasteiger partial charge in [-0.3, -0.25) is 4.98 Å². The Labute approximate surface area is 186 Å². The molecule has 0 fully saturated rings. The van der Waals surface area contributed by atoms with Crippen LogP contribution in [0.15, 0.2) is 42.6 Å². The number of aromatic nitrogens is 2. The van der Waals surface area contributed by atoms with Gasteiger partial charge in [0, 0.05) is 42.9 Å². The van der Waals surface area contributed by atoms with Gasteiger partial charge in [0.15, 0.2) is 0 Å². The number of nitrogens with zero attached hydrogens (tertiary/aromatic N) is 2. The minimum Gasteiger partial charge on any atom is -0.396 e. The zero-order valence-corrected chi connectivity index (χ0v) is 20.0. The van der Waals surface area contributed by atoms with Crippen LogP contribution in [0.5, 0.6) is 0 Å². The second-order valence-corrected chi connectivity index (χ2v) is 9.09. The minimum absolute atomic E-state index is 0.112. The molecule has 2 heterocycles. The highest BCUT2D eigenvalue weighted by Crippen LogP contribution is 2.41. The van der Waals surface area contributed by atoms with Crippen molar-refractivity contribution in [3.63, 3.8) is 0 Å². The van der Waals surface area contributed by atoms with Crippen molar-refractivity contribution in [2.24, 2.45) is 5.41 Å². The highest BCUT2D eigenvalue weighted by molar-refractivity contribution is 5.94. The van der Waals surface area contributed by atoms with Gasteiger partial charge >= 0.3 is 0 Å². The molecule has 0 amide bonds. The number of methoxy groups -OCH3 is 1. The third-order valence-corrected chi connectivity index (χ3v) is 6.29. The highest BCUT2D eigenvalue weighted by atomic mass is 16.5. The average Bonchev–Trinajstić information content (AvgIpc) is 3.09. The summed E-state index contributed by atoms with van der Waals surface area (Å²) in [5, 5.41) is 11.3. The second kappa shape index (κ2) is 9.37. The predicted molar refractivity (Wildman–Crippen MR) is 130 cm³/mol. The van der Waals surface area contributed by atoms with E-state index in [-0.39, 0.29) is 18.1 Å². The van der Waals surface area contributed by atoms with E-state index >= 15 is 0 Å². The number of ether oxygens (including phenoxy) is 1. The van der Waals surface area contributed by atoms with Gasteiger partial charge in [0.25, 0.3) is 0 Å². The molecule has 2 aromatic heterocycles. The molecule has 0 aliphatic carbocycles. The van der Waals surface area contributed by atoms with Crippen LogP contribution in [0.3, 0.4) is 0 Å². The Hall–Kier alpha value is -2.43. The second-order valence-electron chi connectivity index (χ2n) is 9.09. The van der Waals surface area contributed by atoms with Crippen molar-refractivity contribution < 1.29 is 9.84 Å². The van der Waals surface area contributed by atoms with Crippen LogP contribution >= 0.6 is 0 Å². The van der Waals surface area contributed by atoms with Crippen molar-refractivity contribution in [2.75, 3.05) is 13.7 Å². The van der Waals surface area contributed by atoms with Gasteiger partial charge in [-0.25, -0.2) is 0 Å². The normalized spacial score (nSPS) is 13.7. The molecule has 0 bridgehead atoms. The van der Waals surface area contributed by atoms with E-state index in [1.54, 1.807) is 7.11 Å². The molecule has 0 saturated heterocycles. The predicted octanol–water partition coefficient (Wildman–Crippen LogP) is 6.41. The molecule has 0 aliphatic heterocycles. The van der Waals surface area contributed by atoms with E-state index in [9.17, 15) is 5.11 Å². The standard InChI is InChI=1S/C27H36N2O2/c1-8-18(3)20-12-13-24-22(15-20)23(16-27(5,6)17-30)26(29(24)9-2)21-11-10-14-28-25(21)19(4)31-7/h8,10-15,19,30H,9,16-17H2,1-7H3/b18-8+/t19-/m0/s1. The number of rotatable bonds is 8. The minimum atomic E-state index is -0.234. The molecular weight excluding hydrogens is 384 g/mol. The fourth-order valence-corrected chi connectivity index (χ4v) is 4.24. The summed E-state index contributed by atoms with van der Waals surface area (Å²) in [7, 11) is 1.72. The fraction of sp³-hybridized carbons (Fsp3) is 0.444. The molecule has 1 aromatic carbocycles. The van der Waals surface area contributed by atoms with Crippen molar-refractivity contribution >= 4 is 16.5 Å². The van der Waals surface area contributed by atoms with Crippen LogP contribution < -0.4 is 0 Å². The Balaban J connectivity index is 2.42. The summed E-state index contributed by atoms with van der Waals surface area (Å²) in [5.41, 5.74) is 7.96. The van der Waals surface area contributed by atoms with Crippen LogP contribution in [0.25, 0.3) is 27.7 Å². The molecule has 0 spiro atoms. The Morgan fingerprint density at radius 1 is 1.29 bits per heavy atom. The quantitative estimate of drug-likeness (QED) is 0.458. The molecule has 4 heteroatoms. The van der Waals surface area contributed by atoms with E-state index in [0.29, 0.717) is 0 Å². The topological polar surface area (TPSA) is 47.3 Å². The van der Waals surface area contributed by atoms with Gasteiger partial charge < -0.3 is 14.4 Å². The van der Waals surface area contributed by atoms with Gasteiger partial charge in [-0.2, -0.15) is 0 Å². The number of allylic oxidation sites excluding steroid dienone is 2. The largest absolute Gasteiger partial charge is 0.396 e. The summed E-state index contributed by atoms with van der Waals surface area (Å²) in [6, 6.07) is 10.9. The lowest BCUT2D eigenvalue weighted by Gasteiger charge is -2.23. The Bertz CT molecular complexity index is 1090. The fourth-order valence-electron chi connectivity index (χ4n) is 4.24. The summed E-state index contributed by atoms with van der Waals surface area (Å²) >= 11 is 0. The number of hydrogen-bond donors (Lipinski definition) is 1. The van der Waals surface area contributed by atoms with E-state index < -0.39 is 0 Å². The van der Waals surface area contributed by atoms with Gasteiger partial charge in [-0.05, 0) is 80.5 Å². The van der Waals surface area contributed by atoms with Crippen molar-refractivity contribution in [1.29, 1.82) is 0 Å². The Morgan fingerprint density at radius 2 is 2.03 bits per heavy atom. The van der Waals surface area contributed by atoms with E-state index in [1.165, 1.54) is 33.3 Å². The zero-order valence-electron chi connectivity index (χ0n) is 20.0. The number of aryl methyl sites for hydroxylation is 1. The van der Waals surface area contributed by atoms with E-state index in [4.69, 9.17) is 9.72 Å². The lowest BCUT2D eigenvalue weighted by Crippen LogP contribution is -2.20. The molecule has 31 heavy (non-hydrogen) atoms. The number of pyridine rings is 1. The first kappa shape index (κ1) is 23.2. The van der Waals surface area contributed by atoms with Gasteiger partial charge in [-0.15, -0.1) is 0 Å². The summed E-state index contributed by atoms with van der Waals surface area (Å²) in [4.78, 5) is 4.69. The maximum atomic E-state index is 10.1.